The van der Waals surface area contributed by atoms with Crippen molar-refractivity contribution in [3.63, 3.8) is 0 Å². The first-order valence-corrected chi connectivity index (χ1v) is 11.2. The van der Waals surface area contributed by atoms with Crippen LogP contribution in [0.3, 0.4) is 0 Å². The molecule has 3 aromatic rings. The highest BCUT2D eigenvalue weighted by atomic mass is 79.9. The van der Waals surface area contributed by atoms with Gasteiger partial charge >= 0.3 is 11.9 Å². The second-order valence-corrected chi connectivity index (χ2v) is 9.48. The van der Waals surface area contributed by atoms with Crippen molar-refractivity contribution in [2.75, 3.05) is 0 Å². The van der Waals surface area contributed by atoms with Crippen molar-refractivity contribution in [2.24, 2.45) is 0 Å². The molecular weight excluding hydrogens is 588 g/mol. The Morgan fingerprint density at radius 1 is 0.967 bits per heavy atom. The first-order chi connectivity index (χ1) is 14.1. The Balaban J connectivity index is 2.13. The molecule has 1 heterocycles. The van der Waals surface area contributed by atoms with E-state index in [1.807, 2.05) is 6.92 Å². The van der Waals surface area contributed by atoms with Crippen LogP contribution in [0.25, 0.3) is 11.0 Å². The molecule has 0 fully saturated rings. The van der Waals surface area contributed by atoms with Crippen molar-refractivity contribution in [2.45, 2.75) is 25.6 Å². The minimum atomic E-state index is -0.477. The minimum Gasteiger partial charge on any atom is -0.459 e. The second-order valence-electron chi connectivity index (χ2n) is 6.40. The van der Waals surface area contributed by atoms with E-state index in [9.17, 15) is 14.4 Å². The number of benzene rings is 2. The zero-order valence-electron chi connectivity index (χ0n) is 16.0. The summed E-state index contributed by atoms with van der Waals surface area (Å²) in [4.78, 5) is 35.7. The lowest BCUT2D eigenvalue weighted by Gasteiger charge is -2.10. The van der Waals surface area contributed by atoms with Gasteiger partial charge in [0.05, 0.1) is 19.3 Å². The number of ketones is 1. The van der Waals surface area contributed by atoms with Crippen LogP contribution >= 0.6 is 47.8 Å². The molecule has 0 saturated carbocycles. The molecule has 0 aliphatic rings. The normalized spacial score (nSPS) is 11.9. The Kier molecular flexibility index (Phi) is 6.84. The summed E-state index contributed by atoms with van der Waals surface area (Å²) in [5.74, 6) is -0.134. The number of alkyl halides is 1. The summed E-state index contributed by atoms with van der Waals surface area (Å²) in [5, 5.41) is 0.591. The molecule has 156 valence electrons. The maximum absolute atomic E-state index is 13.4. The van der Waals surface area contributed by atoms with Crippen LogP contribution < -0.4 is 9.47 Å². The smallest absolute Gasteiger partial charge is 0.308 e. The van der Waals surface area contributed by atoms with E-state index >= 15 is 0 Å². The van der Waals surface area contributed by atoms with Crippen molar-refractivity contribution in [3.8, 4) is 11.5 Å². The standard InChI is InChI=1S/C21H15Br3O6/c1-9(22)20-18(14-5-4-13(28-10(2)25)8-17(14)30-20)19(27)12-6-15(23)21(16(24)7-12)29-11(3)26/h4-9H,1-3H3. The summed E-state index contributed by atoms with van der Waals surface area (Å²) < 4.78 is 17.1. The van der Waals surface area contributed by atoms with Gasteiger partial charge in [-0.3, -0.25) is 14.4 Å². The van der Waals surface area contributed by atoms with E-state index in [1.165, 1.54) is 13.8 Å². The molecule has 0 aliphatic heterocycles. The van der Waals surface area contributed by atoms with Crippen molar-refractivity contribution in [3.05, 3.63) is 56.2 Å². The largest absolute Gasteiger partial charge is 0.459 e. The van der Waals surface area contributed by atoms with Gasteiger partial charge in [0.2, 0.25) is 0 Å². The number of fused-ring (bicyclic) bond motifs is 1. The summed E-state index contributed by atoms with van der Waals surface area (Å²) in [6.07, 6.45) is 0. The fourth-order valence-electron chi connectivity index (χ4n) is 2.92. The predicted molar refractivity (Wildman–Crippen MR) is 121 cm³/mol. The van der Waals surface area contributed by atoms with Crippen LogP contribution in [0.5, 0.6) is 11.5 Å². The maximum Gasteiger partial charge on any atom is 0.308 e. The van der Waals surface area contributed by atoms with Crippen LogP contribution in [0.4, 0.5) is 0 Å². The highest BCUT2D eigenvalue weighted by Crippen LogP contribution is 2.39. The fourth-order valence-corrected chi connectivity index (χ4v) is 4.59. The van der Waals surface area contributed by atoms with Gasteiger partial charge in [-0.25, -0.2) is 0 Å². The number of carbonyl (C=O) groups excluding carboxylic acids is 3. The summed E-state index contributed by atoms with van der Waals surface area (Å²) in [5.41, 5.74) is 1.18. The Bertz CT molecular complexity index is 1160. The first kappa shape index (κ1) is 22.7. The van der Waals surface area contributed by atoms with Crippen LogP contribution in [0.1, 0.15) is 47.3 Å². The number of rotatable bonds is 5. The zero-order valence-corrected chi connectivity index (χ0v) is 20.8. The lowest BCUT2D eigenvalue weighted by Crippen LogP contribution is -2.07. The molecule has 1 aromatic heterocycles. The Hall–Kier alpha value is -1.97. The summed E-state index contributed by atoms with van der Waals surface area (Å²) in [6.45, 7) is 4.45. The van der Waals surface area contributed by atoms with Gasteiger partial charge in [-0.1, -0.05) is 15.9 Å². The molecule has 0 spiro atoms. The molecule has 30 heavy (non-hydrogen) atoms. The van der Waals surface area contributed by atoms with Gasteiger partial charge in [0, 0.05) is 30.9 Å². The molecule has 0 radical (unpaired) electrons. The zero-order chi connectivity index (χ0) is 22.2. The van der Waals surface area contributed by atoms with Crippen molar-refractivity contribution < 1.29 is 28.3 Å². The number of hydrogen-bond acceptors (Lipinski definition) is 6. The third-order valence-electron chi connectivity index (χ3n) is 4.04. The number of esters is 2. The van der Waals surface area contributed by atoms with Gasteiger partial charge in [-0.05, 0) is 63.0 Å². The van der Waals surface area contributed by atoms with Crippen LogP contribution in [0, 0.1) is 0 Å². The molecule has 0 saturated heterocycles. The Labute approximate surface area is 197 Å². The number of ether oxygens (including phenoxy) is 2. The molecule has 3 rings (SSSR count). The SMILES string of the molecule is CC(=O)Oc1ccc2c(C(=O)c3cc(Br)c(OC(C)=O)c(Br)c3)c(C(C)Br)oc2c1. The first-order valence-electron chi connectivity index (χ1n) is 8.69. The van der Waals surface area contributed by atoms with Crippen LogP contribution in [-0.4, -0.2) is 17.7 Å². The number of furan rings is 1. The van der Waals surface area contributed by atoms with E-state index < -0.39 is 11.9 Å². The van der Waals surface area contributed by atoms with Crippen molar-refractivity contribution in [1.29, 1.82) is 0 Å². The van der Waals surface area contributed by atoms with Gasteiger partial charge in [0.15, 0.2) is 11.5 Å². The summed E-state index contributed by atoms with van der Waals surface area (Å²) in [7, 11) is 0. The monoisotopic (exact) mass is 600 g/mol. The topological polar surface area (TPSA) is 82.8 Å². The van der Waals surface area contributed by atoms with Gasteiger partial charge in [0.1, 0.15) is 17.1 Å². The highest BCUT2D eigenvalue weighted by molar-refractivity contribution is 9.11. The van der Waals surface area contributed by atoms with E-state index in [0.717, 1.165) is 0 Å². The molecule has 0 N–H and O–H groups in total. The van der Waals surface area contributed by atoms with E-state index in [2.05, 4.69) is 47.8 Å². The lowest BCUT2D eigenvalue weighted by molar-refractivity contribution is -0.132. The fraction of sp³-hybridized carbons (Fsp3) is 0.190. The molecule has 0 aliphatic carbocycles. The highest BCUT2D eigenvalue weighted by Gasteiger charge is 2.26. The van der Waals surface area contributed by atoms with Crippen LogP contribution in [0.2, 0.25) is 0 Å². The van der Waals surface area contributed by atoms with Crippen molar-refractivity contribution >= 4 is 76.5 Å². The third kappa shape index (κ3) is 4.68. The lowest BCUT2D eigenvalue weighted by atomic mass is 9.99. The quantitative estimate of drug-likeness (QED) is 0.144. The average Bonchev–Trinajstić information content (AvgIpc) is 3.02. The van der Waals surface area contributed by atoms with Crippen molar-refractivity contribution in [1.82, 2.24) is 0 Å². The molecule has 6 nitrogen and oxygen atoms in total. The van der Waals surface area contributed by atoms with E-state index in [4.69, 9.17) is 13.9 Å². The molecule has 1 atom stereocenters. The van der Waals surface area contributed by atoms with Crippen LogP contribution in [-0.2, 0) is 9.59 Å². The van der Waals surface area contributed by atoms with Gasteiger partial charge in [0.25, 0.3) is 0 Å². The predicted octanol–water partition coefficient (Wildman–Crippen LogP) is 6.50. The van der Waals surface area contributed by atoms with E-state index in [1.54, 1.807) is 30.3 Å². The van der Waals surface area contributed by atoms with Gasteiger partial charge in [-0.2, -0.15) is 0 Å². The Morgan fingerprint density at radius 2 is 1.57 bits per heavy atom. The van der Waals surface area contributed by atoms with Gasteiger partial charge < -0.3 is 13.9 Å². The minimum absolute atomic E-state index is 0.242. The molecule has 2 aromatic carbocycles. The third-order valence-corrected chi connectivity index (χ3v) is 5.64. The summed E-state index contributed by atoms with van der Waals surface area (Å²) >= 11 is 10.2. The van der Waals surface area contributed by atoms with E-state index in [-0.39, 0.29) is 16.4 Å². The number of carbonyl (C=O) groups is 3. The second kappa shape index (κ2) is 9.03. The average molecular weight is 603 g/mol. The molecular formula is C21H15Br3O6. The number of halogens is 3. The maximum atomic E-state index is 13.4. The molecule has 0 amide bonds. The Morgan fingerprint density at radius 3 is 2.10 bits per heavy atom. The number of hydrogen-bond donors (Lipinski definition) is 0. The molecule has 0 bridgehead atoms. The molecule has 9 heteroatoms. The summed E-state index contributed by atoms with van der Waals surface area (Å²) in [6, 6.07) is 8.02. The molecule has 1 unspecified atom stereocenters. The van der Waals surface area contributed by atoms with E-state index in [0.29, 0.717) is 42.6 Å². The van der Waals surface area contributed by atoms with Gasteiger partial charge in [-0.15, -0.1) is 0 Å². The van der Waals surface area contributed by atoms with Crippen LogP contribution in [0.15, 0.2) is 43.7 Å².